The number of nitrogens with one attached hydrogen (secondary N) is 1. The van der Waals surface area contributed by atoms with Gasteiger partial charge in [-0.25, -0.2) is 8.42 Å². The molecule has 0 spiro atoms. The fraction of sp³-hybridized carbons (Fsp3) is 0.333. The second-order valence-electron chi connectivity index (χ2n) is 3.63. The van der Waals surface area contributed by atoms with Gasteiger partial charge in [0.25, 0.3) is 0 Å². The molecule has 0 saturated heterocycles. The third-order valence-corrected chi connectivity index (χ3v) is 5.38. The summed E-state index contributed by atoms with van der Waals surface area (Å²) in [6.07, 6.45) is -0.878. The molecule has 1 aromatic rings. The minimum atomic E-state index is -4.19. The van der Waals surface area contributed by atoms with Crippen LogP contribution in [0.25, 0.3) is 0 Å². The summed E-state index contributed by atoms with van der Waals surface area (Å²) in [4.78, 5) is 21.0. The molecular weight excluding hydrogens is 353 g/mol. The first-order valence-electron chi connectivity index (χ1n) is 5.05. The number of thiophene rings is 1. The molecule has 1 atom stereocenters. The highest BCUT2D eigenvalue weighted by Gasteiger charge is 2.28. The molecule has 0 radical (unpaired) electrons. The van der Waals surface area contributed by atoms with Gasteiger partial charge in [-0.05, 0) is 12.5 Å². The van der Waals surface area contributed by atoms with Crippen molar-refractivity contribution in [3.05, 3.63) is 14.7 Å². The average molecular weight is 362 g/mol. The van der Waals surface area contributed by atoms with E-state index in [0.717, 1.165) is 17.4 Å². The summed E-state index contributed by atoms with van der Waals surface area (Å²) >= 11 is 12.1. The maximum Gasteiger partial charge on any atom is 0.321 e. The van der Waals surface area contributed by atoms with E-state index in [1.54, 1.807) is 0 Å². The van der Waals surface area contributed by atoms with Crippen molar-refractivity contribution < 1.29 is 28.2 Å². The van der Waals surface area contributed by atoms with Crippen LogP contribution in [0.1, 0.15) is 12.8 Å². The normalized spacial score (nSPS) is 13.1. The highest BCUT2D eigenvalue weighted by Crippen LogP contribution is 2.34. The average Bonchev–Trinajstić information content (AvgIpc) is 2.64. The molecule has 0 aliphatic carbocycles. The standard InChI is InChI=1S/C9H9Cl2NO6S2/c10-6-3-5(8(11)19-6)20(17,18)12-4(9(15)16)1-2-7(13)14/h3-4,12H,1-2H2,(H,13,14)(H,15,16)/t4-/m0/s1. The van der Waals surface area contributed by atoms with E-state index in [0.29, 0.717) is 0 Å². The summed E-state index contributed by atoms with van der Waals surface area (Å²) in [7, 11) is -4.19. The Morgan fingerprint density at radius 3 is 2.35 bits per heavy atom. The van der Waals surface area contributed by atoms with Gasteiger partial charge in [-0.2, -0.15) is 4.72 Å². The van der Waals surface area contributed by atoms with Crippen molar-refractivity contribution in [3.8, 4) is 0 Å². The van der Waals surface area contributed by atoms with E-state index in [2.05, 4.69) is 0 Å². The van der Waals surface area contributed by atoms with E-state index in [-0.39, 0.29) is 20.0 Å². The van der Waals surface area contributed by atoms with Gasteiger partial charge in [0, 0.05) is 6.42 Å². The number of hydrogen-bond donors (Lipinski definition) is 3. The smallest absolute Gasteiger partial charge is 0.321 e. The van der Waals surface area contributed by atoms with E-state index in [1.807, 2.05) is 4.72 Å². The van der Waals surface area contributed by atoms with Gasteiger partial charge in [0.1, 0.15) is 15.3 Å². The summed E-state index contributed by atoms with van der Waals surface area (Å²) in [6, 6.07) is -0.474. The summed E-state index contributed by atoms with van der Waals surface area (Å²) in [5.74, 6) is -2.71. The molecular formula is C9H9Cl2NO6S2. The molecule has 3 N–H and O–H groups in total. The number of rotatable bonds is 7. The molecule has 0 amide bonds. The molecule has 1 rings (SSSR count). The lowest BCUT2D eigenvalue weighted by Crippen LogP contribution is -2.41. The van der Waals surface area contributed by atoms with E-state index in [1.165, 1.54) is 0 Å². The summed E-state index contributed by atoms with van der Waals surface area (Å²) in [6.45, 7) is 0. The third kappa shape index (κ3) is 4.60. The number of sulfonamides is 1. The molecule has 0 aliphatic heterocycles. The SMILES string of the molecule is O=C(O)CC[C@H](NS(=O)(=O)c1cc(Cl)sc1Cl)C(=O)O. The van der Waals surface area contributed by atoms with E-state index in [9.17, 15) is 18.0 Å². The maximum atomic E-state index is 12.0. The van der Waals surface area contributed by atoms with Crippen molar-refractivity contribution in [2.75, 3.05) is 0 Å². The zero-order valence-corrected chi connectivity index (χ0v) is 12.8. The Hall–Kier alpha value is -0.870. The molecule has 7 nitrogen and oxygen atoms in total. The number of halogens is 2. The minimum absolute atomic E-state index is 0.107. The van der Waals surface area contributed by atoms with Crippen LogP contribution in [0.3, 0.4) is 0 Å². The Bertz CT molecular complexity index is 626. The molecule has 0 bridgehead atoms. The lowest BCUT2D eigenvalue weighted by atomic mass is 10.2. The second kappa shape index (κ2) is 6.72. The first kappa shape index (κ1) is 17.2. The lowest BCUT2D eigenvalue weighted by Gasteiger charge is -2.13. The molecule has 0 aromatic carbocycles. The zero-order chi connectivity index (χ0) is 15.5. The quantitative estimate of drug-likeness (QED) is 0.678. The van der Waals surface area contributed by atoms with E-state index in [4.69, 9.17) is 33.4 Å². The molecule has 0 unspecified atom stereocenters. The van der Waals surface area contributed by atoms with Crippen LogP contribution in [0.4, 0.5) is 0 Å². The number of carbonyl (C=O) groups is 2. The third-order valence-electron chi connectivity index (χ3n) is 2.16. The van der Waals surface area contributed by atoms with Gasteiger partial charge in [0.2, 0.25) is 10.0 Å². The topological polar surface area (TPSA) is 121 Å². The van der Waals surface area contributed by atoms with Crippen LogP contribution in [0.5, 0.6) is 0 Å². The molecule has 0 saturated carbocycles. The first-order chi connectivity index (χ1) is 9.13. The Morgan fingerprint density at radius 1 is 1.35 bits per heavy atom. The highest BCUT2D eigenvalue weighted by atomic mass is 35.5. The van der Waals surface area contributed by atoms with Crippen LogP contribution in [0, 0.1) is 0 Å². The molecule has 1 heterocycles. The monoisotopic (exact) mass is 361 g/mol. The number of carboxylic acids is 2. The summed E-state index contributed by atoms with van der Waals surface area (Å²) < 4.78 is 25.9. The van der Waals surface area contributed by atoms with Crippen molar-refractivity contribution in [2.24, 2.45) is 0 Å². The van der Waals surface area contributed by atoms with Crippen LogP contribution in [-0.4, -0.2) is 36.6 Å². The van der Waals surface area contributed by atoms with Gasteiger partial charge < -0.3 is 10.2 Å². The molecule has 112 valence electrons. The predicted octanol–water partition coefficient (Wildman–Crippen LogP) is 1.65. The highest BCUT2D eigenvalue weighted by molar-refractivity contribution is 7.89. The van der Waals surface area contributed by atoms with Crippen molar-refractivity contribution in [1.29, 1.82) is 0 Å². The van der Waals surface area contributed by atoms with Crippen molar-refractivity contribution >= 4 is 56.5 Å². The Morgan fingerprint density at radius 2 is 1.95 bits per heavy atom. The Balaban J connectivity index is 2.94. The van der Waals surface area contributed by atoms with E-state index < -0.39 is 34.4 Å². The number of carboxylic acid groups (broad SMARTS) is 2. The molecule has 0 aliphatic rings. The largest absolute Gasteiger partial charge is 0.481 e. The van der Waals surface area contributed by atoms with Gasteiger partial charge >= 0.3 is 11.9 Å². The molecule has 1 aromatic heterocycles. The van der Waals surface area contributed by atoms with Crippen LogP contribution < -0.4 is 4.72 Å². The van der Waals surface area contributed by atoms with Crippen molar-refractivity contribution in [1.82, 2.24) is 4.72 Å². The fourth-order valence-electron chi connectivity index (χ4n) is 1.26. The zero-order valence-electron chi connectivity index (χ0n) is 9.67. The van der Waals surface area contributed by atoms with Gasteiger partial charge in [0.05, 0.1) is 4.34 Å². The van der Waals surface area contributed by atoms with Crippen LogP contribution in [0.2, 0.25) is 8.67 Å². The Kier molecular flexibility index (Phi) is 5.78. The van der Waals surface area contributed by atoms with Gasteiger partial charge in [-0.15, -0.1) is 11.3 Å². The van der Waals surface area contributed by atoms with Crippen LogP contribution >= 0.6 is 34.5 Å². The van der Waals surface area contributed by atoms with Gasteiger partial charge in [-0.1, -0.05) is 23.2 Å². The molecule has 11 heteroatoms. The van der Waals surface area contributed by atoms with Crippen molar-refractivity contribution in [3.63, 3.8) is 0 Å². The van der Waals surface area contributed by atoms with E-state index >= 15 is 0 Å². The van der Waals surface area contributed by atoms with Crippen LogP contribution in [-0.2, 0) is 19.6 Å². The number of aliphatic carboxylic acids is 2. The van der Waals surface area contributed by atoms with Crippen LogP contribution in [0.15, 0.2) is 11.0 Å². The lowest BCUT2D eigenvalue weighted by molar-refractivity contribution is -0.140. The van der Waals surface area contributed by atoms with Gasteiger partial charge in [-0.3, -0.25) is 9.59 Å². The second-order valence-corrected chi connectivity index (χ2v) is 7.60. The predicted molar refractivity (Wildman–Crippen MR) is 73.0 cm³/mol. The van der Waals surface area contributed by atoms with Gasteiger partial charge in [0.15, 0.2) is 0 Å². The summed E-state index contributed by atoms with van der Waals surface area (Å²) in [5.41, 5.74) is 0. The first-order valence-corrected chi connectivity index (χ1v) is 8.11. The fourth-order valence-corrected chi connectivity index (χ4v) is 4.63. The molecule has 20 heavy (non-hydrogen) atoms. The Labute approximate surface area is 128 Å². The maximum absolute atomic E-state index is 12.0. The molecule has 0 fully saturated rings. The summed E-state index contributed by atoms with van der Waals surface area (Å²) in [5, 5.41) is 17.4. The minimum Gasteiger partial charge on any atom is -0.481 e. The van der Waals surface area contributed by atoms with Crippen molar-refractivity contribution in [2.45, 2.75) is 23.8 Å². The number of hydrogen-bond acceptors (Lipinski definition) is 5.